The smallest absolute Gasteiger partial charge is 0.326 e. The summed E-state index contributed by atoms with van der Waals surface area (Å²) >= 11 is 0. The van der Waals surface area contributed by atoms with E-state index in [0.717, 1.165) is 28.0 Å². The Hall–Kier alpha value is -2.89. The standard InChI is InChI=1S/C17H18N4O2/c1-11-8-13(6-7-18-11)19-16(22)10-12-4-5-14-15(9-12)21(3)17(23)20(14)2/h4-9H,10H2,1-3H3,(H,18,19,22). The molecule has 3 aromatic rings. The molecule has 1 N–H and O–H groups in total. The number of fused-ring (bicyclic) bond motifs is 1. The monoisotopic (exact) mass is 310 g/mol. The molecular formula is C17H18N4O2. The number of hydrogen-bond acceptors (Lipinski definition) is 3. The summed E-state index contributed by atoms with van der Waals surface area (Å²) in [6.45, 7) is 1.87. The number of pyridine rings is 1. The summed E-state index contributed by atoms with van der Waals surface area (Å²) in [6.07, 6.45) is 1.91. The average molecular weight is 310 g/mol. The number of nitrogens with zero attached hydrogens (tertiary/aromatic N) is 3. The van der Waals surface area contributed by atoms with Gasteiger partial charge < -0.3 is 5.32 Å². The zero-order valence-corrected chi connectivity index (χ0v) is 13.3. The van der Waals surface area contributed by atoms with Crippen molar-refractivity contribution < 1.29 is 4.79 Å². The summed E-state index contributed by atoms with van der Waals surface area (Å²) in [4.78, 5) is 28.2. The largest absolute Gasteiger partial charge is 0.328 e. The van der Waals surface area contributed by atoms with Crippen molar-refractivity contribution in [3.8, 4) is 0 Å². The second-order valence-electron chi connectivity index (χ2n) is 5.63. The predicted octanol–water partition coefficient (Wildman–Crippen LogP) is 1.76. The van der Waals surface area contributed by atoms with Crippen LogP contribution in [0.25, 0.3) is 11.0 Å². The van der Waals surface area contributed by atoms with Crippen molar-refractivity contribution in [3.63, 3.8) is 0 Å². The Labute approximate surface area is 133 Å². The lowest BCUT2D eigenvalue weighted by molar-refractivity contribution is -0.115. The Kier molecular flexibility index (Phi) is 3.73. The quantitative estimate of drug-likeness (QED) is 0.801. The first kappa shape index (κ1) is 15.0. The number of aryl methyl sites for hydroxylation is 3. The van der Waals surface area contributed by atoms with Gasteiger partial charge in [0, 0.05) is 31.7 Å². The summed E-state index contributed by atoms with van der Waals surface area (Å²) in [7, 11) is 3.47. The van der Waals surface area contributed by atoms with E-state index in [9.17, 15) is 9.59 Å². The number of nitrogens with one attached hydrogen (secondary N) is 1. The van der Waals surface area contributed by atoms with Gasteiger partial charge in [0.1, 0.15) is 0 Å². The van der Waals surface area contributed by atoms with Crippen LogP contribution < -0.4 is 11.0 Å². The molecule has 0 spiro atoms. The number of hydrogen-bond donors (Lipinski definition) is 1. The zero-order chi connectivity index (χ0) is 16.6. The van der Waals surface area contributed by atoms with E-state index in [1.807, 2.05) is 31.2 Å². The number of aromatic nitrogens is 3. The molecule has 2 aromatic heterocycles. The molecule has 0 unspecified atom stereocenters. The molecule has 0 bridgehead atoms. The van der Waals surface area contributed by atoms with E-state index in [0.29, 0.717) is 0 Å². The molecule has 0 fully saturated rings. The lowest BCUT2D eigenvalue weighted by Gasteiger charge is -2.06. The van der Waals surface area contributed by atoms with Crippen LogP contribution in [0.15, 0.2) is 41.3 Å². The summed E-state index contributed by atoms with van der Waals surface area (Å²) in [6, 6.07) is 9.21. The van der Waals surface area contributed by atoms with Gasteiger partial charge in [-0.3, -0.25) is 18.9 Å². The van der Waals surface area contributed by atoms with E-state index in [1.165, 1.54) is 0 Å². The van der Waals surface area contributed by atoms with Crippen LogP contribution in [0, 0.1) is 6.92 Å². The highest BCUT2D eigenvalue weighted by Gasteiger charge is 2.10. The molecule has 0 aliphatic carbocycles. The van der Waals surface area contributed by atoms with Gasteiger partial charge in [-0.2, -0.15) is 0 Å². The predicted molar refractivity (Wildman–Crippen MR) is 89.5 cm³/mol. The van der Waals surface area contributed by atoms with Crippen molar-refractivity contribution in [1.29, 1.82) is 0 Å². The minimum absolute atomic E-state index is 0.0751. The summed E-state index contributed by atoms with van der Waals surface area (Å²) in [5.74, 6) is -0.101. The Balaban J connectivity index is 1.82. The van der Waals surface area contributed by atoms with E-state index < -0.39 is 0 Å². The van der Waals surface area contributed by atoms with E-state index in [-0.39, 0.29) is 18.0 Å². The van der Waals surface area contributed by atoms with Crippen LogP contribution in [0.4, 0.5) is 5.69 Å². The van der Waals surface area contributed by atoms with Crippen molar-refractivity contribution in [2.75, 3.05) is 5.32 Å². The maximum atomic E-state index is 12.2. The second-order valence-corrected chi connectivity index (χ2v) is 5.63. The van der Waals surface area contributed by atoms with Crippen LogP contribution in [-0.2, 0) is 25.3 Å². The van der Waals surface area contributed by atoms with Gasteiger partial charge in [-0.15, -0.1) is 0 Å². The minimum Gasteiger partial charge on any atom is -0.326 e. The van der Waals surface area contributed by atoms with Gasteiger partial charge in [0.2, 0.25) is 5.91 Å². The van der Waals surface area contributed by atoms with Crippen LogP contribution in [0.2, 0.25) is 0 Å². The number of anilines is 1. The SMILES string of the molecule is Cc1cc(NC(=O)Cc2ccc3c(c2)n(C)c(=O)n3C)ccn1. The Morgan fingerprint density at radius 1 is 1.13 bits per heavy atom. The van der Waals surface area contributed by atoms with Crippen LogP contribution in [0.3, 0.4) is 0 Å². The summed E-state index contributed by atoms with van der Waals surface area (Å²) < 4.78 is 3.18. The van der Waals surface area contributed by atoms with Gasteiger partial charge in [-0.25, -0.2) is 4.79 Å². The molecule has 0 aliphatic heterocycles. The van der Waals surface area contributed by atoms with Crippen molar-refractivity contribution in [3.05, 3.63) is 58.3 Å². The van der Waals surface area contributed by atoms with Gasteiger partial charge >= 0.3 is 5.69 Å². The van der Waals surface area contributed by atoms with E-state index >= 15 is 0 Å². The first-order chi connectivity index (χ1) is 11.0. The molecule has 2 heterocycles. The number of amides is 1. The number of carbonyl (C=O) groups excluding carboxylic acids is 1. The molecular weight excluding hydrogens is 292 g/mol. The fourth-order valence-electron chi connectivity index (χ4n) is 2.68. The molecule has 1 amide bonds. The maximum Gasteiger partial charge on any atom is 0.328 e. The highest BCUT2D eigenvalue weighted by atomic mass is 16.2. The van der Waals surface area contributed by atoms with E-state index in [4.69, 9.17) is 0 Å². The summed E-state index contributed by atoms with van der Waals surface area (Å²) in [5, 5.41) is 2.86. The molecule has 118 valence electrons. The first-order valence-electron chi connectivity index (χ1n) is 7.32. The van der Waals surface area contributed by atoms with E-state index in [2.05, 4.69) is 10.3 Å². The number of imidazole rings is 1. The van der Waals surface area contributed by atoms with Crippen molar-refractivity contribution >= 4 is 22.6 Å². The Bertz CT molecular complexity index is 953. The fourth-order valence-corrected chi connectivity index (χ4v) is 2.68. The molecule has 23 heavy (non-hydrogen) atoms. The van der Waals surface area contributed by atoms with E-state index in [1.54, 1.807) is 35.5 Å². The van der Waals surface area contributed by atoms with Gasteiger partial charge in [0.15, 0.2) is 0 Å². The Morgan fingerprint density at radius 3 is 2.61 bits per heavy atom. The van der Waals surface area contributed by atoms with Crippen LogP contribution in [0.5, 0.6) is 0 Å². The highest BCUT2D eigenvalue weighted by molar-refractivity contribution is 5.92. The summed E-state index contributed by atoms with van der Waals surface area (Å²) in [5.41, 5.74) is 4.05. The third-order valence-corrected chi connectivity index (χ3v) is 3.88. The van der Waals surface area contributed by atoms with Crippen molar-refractivity contribution in [2.24, 2.45) is 14.1 Å². The molecule has 0 radical (unpaired) electrons. The zero-order valence-electron chi connectivity index (χ0n) is 13.3. The second kappa shape index (κ2) is 5.72. The van der Waals surface area contributed by atoms with Crippen LogP contribution in [-0.4, -0.2) is 20.0 Å². The molecule has 0 aliphatic rings. The lowest BCUT2D eigenvalue weighted by atomic mass is 10.1. The van der Waals surface area contributed by atoms with Gasteiger partial charge in [-0.05, 0) is 36.8 Å². The van der Waals surface area contributed by atoms with Crippen molar-refractivity contribution in [2.45, 2.75) is 13.3 Å². The minimum atomic E-state index is -0.101. The number of carbonyl (C=O) groups is 1. The molecule has 3 rings (SSSR count). The number of benzene rings is 1. The Morgan fingerprint density at radius 2 is 1.87 bits per heavy atom. The van der Waals surface area contributed by atoms with Crippen molar-refractivity contribution in [1.82, 2.24) is 14.1 Å². The fraction of sp³-hybridized carbons (Fsp3) is 0.235. The number of rotatable bonds is 3. The molecule has 0 saturated heterocycles. The van der Waals surface area contributed by atoms with Crippen LogP contribution >= 0.6 is 0 Å². The molecule has 0 saturated carbocycles. The maximum absolute atomic E-state index is 12.2. The molecule has 6 heteroatoms. The van der Waals surface area contributed by atoms with Gasteiger partial charge in [-0.1, -0.05) is 6.07 Å². The lowest BCUT2D eigenvalue weighted by Crippen LogP contribution is -2.19. The van der Waals surface area contributed by atoms with Crippen LogP contribution in [0.1, 0.15) is 11.3 Å². The average Bonchev–Trinajstić information content (AvgIpc) is 2.72. The third kappa shape index (κ3) is 2.88. The third-order valence-electron chi connectivity index (χ3n) is 3.88. The van der Waals surface area contributed by atoms with Gasteiger partial charge in [0.05, 0.1) is 17.5 Å². The normalized spacial score (nSPS) is 10.9. The topological polar surface area (TPSA) is 68.9 Å². The molecule has 0 atom stereocenters. The van der Waals surface area contributed by atoms with Gasteiger partial charge in [0.25, 0.3) is 0 Å². The molecule has 6 nitrogen and oxygen atoms in total. The highest BCUT2D eigenvalue weighted by Crippen LogP contribution is 2.15. The molecule has 1 aromatic carbocycles. The first-order valence-corrected chi connectivity index (χ1v) is 7.32.